The molecule has 0 spiro atoms. The fourth-order valence-electron chi connectivity index (χ4n) is 3.58. The summed E-state index contributed by atoms with van der Waals surface area (Å²) in [7, 11) is 10.2. The molecule has 0 bridgehead atoms. The van der Waals surface area contributed by atoms with Crippen molar-refractivity contribution >= 4 is 0 Å². The largest absolute Gasteiger partial charge is 0.394 e. The maximum atomic E-state index is 10.7. The van der Waals surface area contributed by atoms with E-state index in [-0.39, 0.29) is 19.8 Å². The first kappa shape index (κ1) is 31.3. The Morgan fingerprint density at radius 2 is 1.19 bits per heavy atom. The van der Waals surface area contributed by atoms with Gasteiger partial charge in [0.25, 0.3) is 0 Å². The number of aliphatic hydroxyl groups excluding tert-OH is 3. The lowest BCUT2D eigenvalue weighted by atomic mass is 9.99. The van der Waals surface area contributed by atoms with Crippen LogP contribution < -0.4 is 0 Å². The van der Waals surface area contributed by atoms with Gasteiger partial charge in [0.2, 0.25) is 0 Å². The van der Waals surface area contributed by atoms with Crippen LogP contribution in [-0.4, -0.2) is 134 Å². The van der Waals surface area contributed by atoms with Crippen molar-refractivity contribution in [3.05, 3.63) is 11.6 Å². The van der Waals surface area contributed by atoms with Crippen LogP contribution in [0.5, 0.6) is 0 Å². The van der Waals surface area contributed by atoms with Gasteiger partial charge in [-0.25, -0.2) is 0 Å². The van der Waals surface area contributed by atoms with Crippen molar-refractivity contribution < 1.29 is 53.2 Å². The lowest BCUT2D eigenvalue weighted by Gasteiger charge is -2.36. The molecule has 11 nitrogen and oxygen atoms in total. The maximum absolute atomic E-state index is 10.7. The van der Waals surface area contributed by atoms with Crippen LogP contribution in [0, 0.1) is 0 Å². The molecule has 0 rings (SSSR count). The van der Waals surface area contributed by atoms with Crippen LogP contribution in [0.1, 0.15) is 6.92 Å². The van der Waals surface area contributed by atoms with Gasteiger partial charge in [-0.1, -0.05) is 6.08 Å². The summed E-state index contributed by atoms with van der Waals surface area (Å²) in [5.74, 6) is 0. The highest BCUT2D eigenvalue weighted by Gasteiger charge is 2.39. The summed E-state index contributed by atoms with van der Waals surface area (Å²) in [5.41, 5.74) is 0.570. The Kier molecular flexibility index (Phi) is 17.3. The second-order valence-electron chi connectivity index (χ2n) is 6.93. The average Bonchev–Trinajstić information content (AvgIpc) is 2.82. The highest BCUT2D eigenvalue weighted by molar-refractivity contribution is 5.11. The summed E-state index contributed by atoms with van der Waals surface area (Å²) >= 11 is 0. The zero-order valence-electron chi connectivity index (χ0n) is 20.4. The number of ether oxygens (including phenoxy) is 8. The quantitative estimate of drug-likeness (QED) is 0.164. The monoisotopic (exact) mass is 470 g/mol. The van der Waals surface area contributed by atoms with Crippen LogP contribution in [0.2, 0.25) is 0 Å². The topological polar surface area (TPSA) is 135 Å². The minimum Gasteiger partial charge on any atom is -0.394 e. The molecule has 0 fully saturated rings. The normalized spacial score (nSPS) is 20.3. The van der Waals surface area contributed by atoms with Crippen LogP contribution in [0.4, 0.5) is 0 Å². The van der Waals surface area contributed by atoms with Gasteiger partial charge in [0, 0.05) is 49.8 Å². The van der Waals surface area contributed by atoms with E-state index in [1.165, 1.54) is 49.8 Å². The van der Waals surface area contributed by atoms with Crippen molar-refractivity contribution in [2.75, 3.05) is 69.6 Å². The SMILES string of the molecule is C/C=C(/CO)[C@@H](OC)[C@H](OC)[C@@H](OC)C(O)OC[C@@H](OC)[C@@H](OC)[C@H](OC)[C@@H](CO)OC. The molecule has 0 amide bonds. The number of allylic oxidation sites excluding steroid dienone is 1. The number of methoxy groups -OCH3 is 7. The van der Waals surface area contributed by atoms with Gasteiger partial charge in [-0.05, 0) is 12.5 Å². The Morgan fingerprint density at radius 3 is 1.53 bits per heavy atom. The molecule has 0 aliphatic heterocycles. The second-order valence-corrected chi connectivity index (χ2v) is 6.93. The van der Waals surface area contributed by atoms with E-state index in [2.05, 4.69) is 0 Å². The minimum absolute atomic E-state index is 0.0949. The van der Waals surface area contributed by atoms with Crippen LogP contribution in [-0.2, 0) is 37.9 Å². The molecular formula is C21H42O11. The van der Waals surface area contributed by atoms with E-state index in [4.69, 9.17) is 37.9 Å². The zero-order chi connectivity index (χ0) is 24.7. The number of aliphatic hydroxyl groups is 3. The molecule has 0 aromatic rings. The minimum atomic E-state index is -1.42. The average molecular weight is 471 g/mol. The summed E-state index contributed by atoms with van der Waals surface area (Å²) < 4.78 is 43.8. The van der Waals surface area contributed by atoms with Crippen molar-refractivity contribution in [3.8, 4) is 0 Å². The van der Waals surface area contributed by atoms with E-state index in [1.807, 2.05) is 0 Å². The molecule has 0 saturated carbocycles. The molecular weight excluding hydrogens is 428 g/mol. The standard InChI is InChI=1S/C21H42O11/c1-9-13(10-22)16(27-4)19(30-7)20(31-8)21(24)32-12-15(26-3)18(29-6)17(28-5)14(11-23)25-2/h9,14-24H,10-12H2,1-8H3/b13-9-/t14-,15-,16-,17-,18-,19+,20-,21?/m1/s1. The molecule has 3 N–H and O–H groups in total. The third-order valence-electron chi connectivity index (χ3n) is 5.44. The lowest BCUT2D eigenvalue weighted by molar-refractivity contribution is -0.234. The molecule has 32 heavy (non-hydrogen) atoms. The van der Waals surface area contributed by atoms with Crippen molar-refractivity contribution in [2.45, 2.75) is 55.9 Å². The van der Waals surface area contributed by atoms with Gasteiger partial charge in [0.05, 0.1) is 19.8 Å². The molecule has 0 saturated heterocycles. The molecule has 8 atom stereocenters. The van der Waals surface area contributed by atoms with Gasteiger partial charge in [0.1, 0.15) is 42.7 Å². The van der Waals surface area contributed by atoms with E-state index < -0.39 is 49.0 Å². The van der Waals surface area contributed by atoms with E-state index >= 15 is 0 Å². The van der Waals surface area contributed by atoms with Gasteiger partial charge < -0.3 is 53.2 Å². The molecule has 0 aliphatic rings. The van der Waals surface area contributed by atoms with E-state index in [1.54, 1.807) is 13.0 Å². The van der Waals surface area contributed by atoms with Crippen LogP contribution in [0.25, 0.3) is 0 Å². The van der Waals surface area contributed by atoms with Gasteiger partial charge in [-0.15, -0.1) is 0 Å². The predicted octanol–water partition coefficient (Wildman–Crippen LogP) is -0.643. The van der Waals surface area contributed by atoms with E-state index in [0.717, 1.165) is 0 Å². The molecule has 0 aliphatic carbocycles. The van der Waals surface area contributed by atoms with E-state index in [0.29, 0.717) is 5.57 Å². The molecule has 0 heterocycles. The van der Waals surface area contributed by atoms with Crippen molar-refractivity contribution in [2.24, 2.45) is 0 Å². The third kappa shape index (κ3) is 8.58. The van der Waals surface area contributed by atoms with Crippen LogP contribution in [0.3, 0.4) is 0 Å². The lowest BCUT2D eigenvalue weighted by Crippen LogP contribution is -2.53. The van der Waals surface area contributed by atoms with Crippen LogP contribution in [0.15, 0.2) is 11.6 Å². The van der Waals surface area contributed by atoms with Gasteiger partial charge in [0.15, 0.2) is 6.29 Å². The van der Waals surface area contributed by atoms with E-state index in [9.17, 15) is 15.3 Å². The Hall–Kier alpha value is -0.700. The Labute approximate surface area is 191 Å². The Bertz CT molecular complexity index is 486. The van der Waals surface area contributed by atoms with Crippen molar-refractivity contribution in [1.82, 2.24) is 0 Å². The first-order chi connectivity index (χ1) is 15.4. The summed E-state index contributed by atoms with van der Waals surface area (Å²) in [5, 5.41) is 29.9. The number of hydrogen-bond acceptors (Lipinski definition) is 11. The Balaban J connectivity index is 5.48. The molecule has 11 heteroatoms. The van der Waals surface area contributed by atoms with Crippen LogP contribution >= 0.6 is 0 Å². The highest BCUT2D eigenvalue weighted by atomic mass is 16.7. The first-order valence-corrected chi connectivity index (χ1v) is 10.2. The van der Waals surface area contributed by atoms with Gasteiger partial charge in [-0.3, -0.25) is 0 Å². The molecule has 1 unspecified atom stereocenters. The van der Waals surface area contributed by atoms with Gasteiger partial charge >= 0.3 is 0 Å². The molecule has 192 valence electrons. The fourth-order valence-corrected chi connectivity index (χ4v) is 3.58. The molecule has 0 aromatic carbocycles. The summed E-state index contributed by atoms with van der Waals surface area (Å²) in [6.45, 7) is 1.14. The fraction of sp³-hybridized carbons (Fsp3) is 0.905. The summed E-state index contributed by atoms with van der Waals surface area (Å²) in [6, 6.07) is 0. The Morgan fingerprint density at radius 1 is 0.688 bits per heavy atom. The molecule has 0 aromatic heterocycles. The smallest absolute Gasteiger partial charge is 0.183 e. The van der Waals surface area contributed by atoms with Crippen molar-refractivity contribution in [3.63, 3.8) is 0 Å². The maximum Gasteiger partial charge on any atom is 0.183 e. The zero-order valence-corrected chi connectivity index (χ0v) is 20.4. The summed E-state index contributed by atoms with van der Waals surface area (Å²) in [6.07, 6.45) is -4.79. The summed E-state index contributed by atoms with van der Waals surface area (Å²) in [4.78, 5) is 0. The first-order valence-electron chi connectivity index (χ1n) is 10.2. The predicted molar refractivity (Wildman–Crippen MR) is 115 cm³/mol. The highest BCUT2D eigenvalue weighted by Crippen LogP contribution is 2.22. The van der Waals surface area contributed by atoms with Crippen molar-refractivity contribution in [1.29, 1.82) is 0 Å². The number of rotatable bonds is 19. The number of hydrogen-bond donors (Lipinski definition) is 3. The van der Waals surface area contributed by atoms with Gasteiger partial charge in [-0.2, -0.15) is 0 Å². The third-order valence-corrected chi connectivity index (χ3v) is 5.44. The molecule has 0 radical (unpaired) electrons. The second kappa shape index (κ2) is 17.7.